The van der Waals surface area contributed by atoms with Crippen LogP contribution in [0.15, 0.2) is 34.6 Å². The van der Waals surface area contributed by atoms with Gasteiger partial charge in [0.2, 0.25) is 0 Å². The summed E-state index contributed by atoms with van der Waals surface area (Å²) in [5, 5.41) is 10.0. The largest absolute Gasteiger partial charge is 0.356 e. The van der Waals surface area contributed by atoms with Gasteiger partial charge in [-0.3, -0.25) is 4.99 Å². The van der Waals surface area contributed by atoms with Gasteiger partial charge < -0.3 is 10.6 Å². The second kappa shape index (κ2) is 9.82. The quantitative estimate of drug-likeness (QED) is 0.334. The van der Waals surface area contributed by atoms with E-state index < -0.39 is 0 Å². The van der Waals surface area contributed by atoms with Crippen molar-refractivity contribution in [3.63, 3.8) is 0 Å². The summed E-state index contributed by atoms with van der Waals surface area (Å²) in [5.74, 6) is 1.12. The molecule has 0 amide bonds. The SMILES string of the molecule is CN=C(NCCc1csc(C(C)C)n1)NCC1(c2ccccc2F)CC1.I. The highest BCUT2D eigenvalue weighted by molar-refractivity contribution is 14.0. The molecule has 1 aromatic heterocycles. The number of nitrogens with one attached hydrogen (secondary N) is 2. The Balaban J connectivity index is 0.00000261. The smallest absolute Gasteiger partial charge is 0.191 e. The molecule has 0 spiro atoms. The Labute approximate surface area is 182 Å². The van der Waals surface area contributed by atoms with Crippen molar-refractivity contribution < 1.29 is 4.39 Å². The van der Waals surface area contributed by atoms with Gasteiger partial charge in [0.25, 0.3) is 0 Å². The third-order valence-electron chi connectivity index (χ3n) is 4.85. The maximum atomic E-state index is 14.1. The van der Waals surface area contributed by atoms with Gasteiger partial charge >= 0.3 is 0 Å². The first-order valence-electron chi connectivity index (χ1n) is 9.18. The monoisotopic (exact) mass is 502 g/mol. The minimum atomic E-state index is -0.112. The molecule has 7 heteroatoms. The highest BCUT2D eigenvalue weighted by Gasteiger charge is 2.45. The predicted octanol–water partition coefficient (Wildman–Crippen LogP) is 4.46. The molecular weight excluding hydrogens is 474 g/mol. The summed E-state index contributed by atoms with van der Waals surface area (Å²) in [6, 6.07) is 7.09. The minimum Gasteiger partial charge on any atom is -0.356 e. The van der Waals surface area contributed by atoms with Crippen molar-refractivity contribution in [3.8, 4) is 0 Å². The Hall–Kier alpha value is -1.22. The Kier molecular flexibility index (Phi) is 8.03. The molecule has 0 radical (unpaired) electrons. The highest BCUT2D eigenvalue weighted by Crippen LogP contribution is 2.48. The van der Waals surface area contributed by atoms with Crippen molar-refractivity contribution in [2.24, 2.45) is 4.99 Å². The van der Waals surface area contributed by atoms with Gasteiger partial charge in [0.15, 0.2) is 5.96 Å². The number of rotatable bonds is 7. The van der Waals surface area contributed by atoms with E-state index in [0.29, 0.717) is 12.5 Å². The maximum Gasteiger partial charge on any atom is 0.191 e. The van der Waals surface area contributed by atoms with Gasteiger partial charge in [0.1, 0.15) is 5.82 Å². The average Bonchev–Trinajstić information content (AvgIpc) is 3.26. The van der Waals surface area contributed by atoms with Crippen LogP contribution in [0.2, 0.25) is 0 Å². The van der Waals surface area contributed by atoms with Gasteiger partial charge in [-0.2, -0.15) is 0 Å². The van der Waals surface area contributed by atoms with Gasteiger partial charge in [-0.25, -0.2) is 9.37 Å². The van der Waals surface area contributed by atoms with E-state index in [-0.39, 0.29) is 35.2 Å². The zero-order valence-electron chi connectivity index (χ0n) is 16.1. The topological polar surface area (TPSA) is 49.3 Å². The fourth-order valence-corrected chi connectivity index (χ4v) is 3.94. The lowest BCUT2D eigenvalue weighted by Gasteiger charge is -2.19. The van der Waals surface area contributed by atoms with Gasteiger partial charge in [0, 0.05) is 43.3 Å². The summed E-state index contributed by atoms with van der Waals surface area (Å²) in [5.41, 5.74) is 1.84. The first-order chi connectivity index (χ1) is 12.5. The summed E-state index contributed by atoms with van der Waals surface area (Å²) in [6.07, 6.45) is 2.88. The number of benzene rings is 1. The molecule has 3 rings (SSSR count). The zero-order chi connectivity index (χ0) is 18.6. The first-order valence-corrected chi connectivity index (χ1v) is 10.1. The van der Waals surface area contributed by atoms with Gasteiger partial charge in [0.05, 0.1) is 10.7 Å². The van der Waals surface area contributed by atoms with E-state index in [0.717, 1.165) is 43.0 Å². The molecular formula is C20H28FIN4S. The standard InChI is InChI=1S/C20H27FN4S.HI/c1-14(2)18-25-15(12-26-18)8-11-23-19(22-3)24-13-20(9-10-20)16-6-4-5-7-17(16)21;/h4-7,12,14H,8-11,13H2,1-3H3,(H2,22,23,24);1H. The summed E-state index contributed by atoms with van der Waals surface area (Å²) in [4.78, 5) is 8.94. The molecule has 1 aromatic carbocycles. The van der Waals surface area contributed by atoms with Gasteiger partial charge in [-0.05, 0) is 24.5 Å². The second-order valence-corrected chi connectivity index (χ2v) is 8.08. The van der Waals surface area contributed by atoms with E-state index in [1.165, 1.54) is 5.01 Å². The third-order valence-corrected chi connectivity index (χ3v) is 6.05. The molecule has 0 aliphatic heterocycles. The molecule has 2 aromatic rings. The number of nitrogens with zero attached hydrogens (tertiary/aromatic N) is 2. The Morgan fingerprint density at radius 2 is 2.04 bits per heavy atom. The molecule has 148 valence electrons. The number of halogens is 2. The predicted molar refractivity (Wildman–Crippen MR) is 122 cm³/mol. The van der Waals surface area contributed by atoms with Crippen LogP contribution in [-0.2, 0) is 11.8 Å². The molecule has 1 saturated carbocycles. The Morgan fingerprint density at radius 3 is 2.63 bits per heavy atom. The third kappa shape index (κ3) is 5.63. The average molecular weight is 502 g/mol. The van der Waals surface area contributed by atoms with E-state index in [9.17, 15) is 4.39 Å². The molecule has 1 fully saturated rings. The van der Waals surface area contributed by atoms with Crippen LogP contribution < -0.4 is 10.6 Å². The molecule has 2 N–H and O–H groups in total. The van der Waals surface area contributed by atoms with E-state index in [1.807, 2.05) is 12.1 Å². The number of thiazole rings is 1. The summed E-state index contributed by atoms with van der Waals surface area (Å²) >= 11 is 1.72. The minimum absolute atomic E-state index is 0. The molecule has 1 aliphatic carbocycles. The fraction of sp³-hybridized carbons (Fsp3) is 0.500. The molecule has 0 atom stereocenters. The number of aliphatic imine (C=N–C) groups is 1. The van der Waals surface area contributed by atoms with E-state index in [2.05, 4.69) is 39.8 Å². The first kappa shape index (κ1) is 22.1. The lowest BCUT2D eigenvalue weighted by molar-refractivity contribution is 0.559. The molecule has 1 aliphatic rings. The van der Waals surface area contributed by atoms with Crippen LogP contribution in [0.4, 0.5) is 4.39 Å². The Bertz CT molecular complexity index is 771. The normalized spacial score (nSPS) is 15.4. The van der Waals surface area contributed by atoms with Crippen LogP contribution in [0, 0.1) is 5.82 Å². The van der Waals surface area contributed by atoms with Gasteiger partial charge in [-0.1, -0.05) is 32.0 Å². The van der Waals surface area contributed by atoms with Crippen molar-refractivity contribution >= 4 is 41.3 Å². The highest BCUT2D eigenvalue weighted by atomic mass is 127. The van der Waals surface area contributed by atoms with Crippen LogP contribution in [0.3, 0.4) is 0 Å². The number of hydrogen-bond acceptors (Lipinski definition) is 3. The zero-order valence-corrected chi connectivity index (χ0v) is 19.2. The van der Waals surface area contributed by atoms with Crippen molar-refractivity contribution in [1.82, 2.24) is 15.6 Å². The molecule has 0 bridgehead atoms. The van der Waals surface area contributed by atoms with Crippen LogP contribution in [0.5, 0.6) is 0 Å². The molecule has 27 heavy (non-hydrogen) atoms. The van der Waals surface area contributed by atoms with Crippen molar-refractivity contribution in [2.45, 2.75) is 44.4 Å². The van der Waals surface area contributed by atoms with Crippen molar-refractivity contribution in [3.05, 3.63) is 51.7 Å². The van der Waals surface area contributed by atoms with E-state index >= 15 is 0 Å². The molecule has 1 heterocycles. The summed E-state index contributed by atoms with van der Waals surface area (Å²) in [6.45, 7) is 5.79. The Morgan fingerprint density at radius 1 is 1.30 bits per heavy atom. The van der Waals surface area contributed by atoms with E-state index in [1.54, 1.807) is 30.5 Å². The van der Waals surface area contributed by atoms with Crippen LogP contribution in [-0.4, -0.2) is 31.1 Å². The summed E-state index contributed by atoms with van der Waals surface area (Å²) in [7, 11) is 1.76. The number of hydrogen-bond donors (Lipinski definition) is 2. The lowest BCUT2D eigenvalue weighted by atomic mass is 9.95. The molecule has 0 saturated heterocycles. The van der Waals surface area contributed by atoms with Crippen LogP contribution in [0.1, 0.15) is 48.9 Å². The van der Waals surface area contributed by atoms with Crippen LogP contribution in [0.25, 0.3) is 0 Å². The number of aromatic nitrogens is 1. The van der Waals surface area contributed by atoms with E-state index in [4.69, 9.17) is 0 Å². The molecule has 4 nitrogen and oxygen atoms in total. The van der Waals surface area contributed by atoms with Gasteiger partial charge in [-0.15, -0.1) is 35.3 Å². The van der Waals surface area contributed by atoms with Crippen molar-refractivity contribution in [1.29, 1.82) is 0 Å². The van der Waals surface area contributed by atoms with Crippen LogP contribution >= 0.6 is 35.3 Å². The second-order valence-electron chi connectivity index (χ2n) is 7.19. The maximum absolute atomic E-state index is 14.1. The fourth-order valence-electron chi connectivity index (χ4n) is 3.07. The lowest BCUT2D eigenvalue weighted by Crippen LogP contribution is -2.42. The number of guanidine groups is 1. The summed E-state index contributed by atoms with van der Waals surface area (Å²) < 4.78 is 14.1. The molecule has 0 unspecified atom stereocenters. The van der Waals surface area contributed by atoms with Crippen molar-refractivity contribution in [2.75, 3.05) is 20.1 Å².